The predicted molar refractivity (Wildman–Crippen MR) is 76.8 cm³/mol. The first-order valence-electron chi connectivity index (χ1n) is 5.87. The number of carbonyl (C=O) groups is 1. The van der Waals surface area contributed by atoms with Crippen molar-refractivity contribution in [3.05, 3.63) is 33.9 Å². The van der Waals surface area contributed by atoms with Gasteiger partial charge in [-0.05, 0) is 12.1 Å². The molecule has 0 aliphatic carbocycles. The number of nitro groups is 1. The van der Waals surface area contributed by atoms with Crippen LogP contribution < -0.4 is 16.6 Å². The van der Waals surface area contributed by atoms with Gasteiger partial charge in [-0.15, -0.1) is 0 Å². The van der Waals surface area contributed by atoms with Gasteiger partial charge in [0.25, 0.3) is 11.6 Å². The number of nitrogen functional groups attached to an aromatic ring is 1. The number of hydrogen-bond acceptors (Lipinski definition) is 6. The van der Waals surface area contributed by atoms with E-state index in [9.17, 15) is 19.1 Å². The van der Waals surface area contributed by atoms with Gasteiger partial charge in [0.2, 0.25) is 0 Å². The number of nitrogens with zero attached hydrogens (tertiary/aromatic N) is 1. The van der Waals surface area contributed by atoms with Gasteiger partial charge in [-0.2, -0.15) is 0 Å². The van der Waals surface area contributed by atoms with Crippen molar-refractivity contribution < 1.29 is 13.9 Å². The number of hydrazine groups is 1. The van der Waals surface area contributed by atoms with Gasteiger partial charge in [-0.1, -0.05) is 6.92 Å². The molecule has 4 N–H and O–H groups in total. The van der Waals surface area contributed by atoms with E-state index in [-0.39, 0.29) is 23.5 Å². The van der Waals surface area contributed by atoms with Crippen molar-refractivity contribution in [1.82, 2.24) is 5.32 Å². The topological polar surface area (TPSA) is 127 Å². The quantitative estimate of drug-likeness (QED) is 0.379. The standard InChI is InChI=1S/C11H16N4O4S/c1-2-20(19)6-5-13-11(16)8-3-4-9(14-12)10(7-8)15(17)18/h3-4,7,14H,2,5-6,12H2,1H3,(H,13,16). The number of amides is 1. The molecule has 1 amide bonds. The highest BCUT2D eigenvalue weighted by atomic mass is 32.2. The number of nitrogens with two attached hydrogens (primary N) is 1. The molecule has 0 spiro atoms. The van der Waals surface area contributed by atoms with E-state index in [0.717, 1.165) is 6.07 Å². The predicted octanol–water partition coefficient (Wildman–Crippen LogP) is 0.379. The van der Waals surface area contributed by atoms with E-state index in [2.05, 4.69) is 10.7 Å². The van der Waals surface area contributed by atoms with Crippen LogP contribution >= 0.6 is 0 Å². The maximum atomic E-state index is 11.8. The number of nitro benzene ring substituents is 1. The highest BCUT2D eigenvalue weighted by Gasteiger charge is 2.16. The fourth-order valence-corrected chi connectivity index (χ4v) is 2.09. The molecule has 0 aliphatic heterocycles. The molecule has 110 valence electrons. The highest BCUT2D eigenvalue weighted by molar-refractivity contribution is 7.84. The summed E-state index contributed by atoms with van der Waals surface area (Å²) >= 11 is 0. The number of nitrogens with one attached hydrogen (secondary N) is 2. The van der Waals surface area contributed by atoms with E-state index in [1.165, 1.54) is 12.1 Å². The molecule has 0 fully saturated rings. The molecule has 0 aliphatic rings. The lowest BCUT2D eigenvalue weighted by Gasteiger charge is -2.06. The molecule has 0 heterocycles. The molecule has 9 heteroatoms. The van der Waals surface area contributed by atoms with Crippen LogP contribution in [-0.2, 0) is 10.8 Å². The number of carbonyl (C=O) groups excluding carboxylic acids is 1. The summed E-state index contributed by atoms with van der Waals surface area (Å²) in [5, 5.41) is 13.4. The first-order chi connectivity index (χ1) is 9.49. The molecular weight excluding hydrogens is 284 g/mol. The molecule has 1 aromatic carbocycles. The van der Waals surface area contributed by atoms with Crippen LogP contribution in [0.3, 0.4) is 0 Å². The van der Waals surface area contributed by atoms with Crippen LogP contribution in [0.25, 0.3) is 0 Å². The van der Waals surface area contributed by atoms with E-state index >= 15 is 0 Å². The monoisotopic (exact) mass is 300 g/mol. The van der Waals surface area contributed by atoms with Crippen molar-refractivity contribution in [2.75, 3.05) is 23.5 Å². The van der Waals surface area contributed by atoms with Crippen LogP contribution in [-0.4, -0.2) is 33.1 Å². The van der Waals surface area contributed by atoms with E-state index in [0.29, 0.717) is 11.5 Å². The van der Waals surface area contributed by atoms with Crippen LogP contribution in [0.1, 0.15) is 17.3 Å². The van der Waals surface area contributed by atoms with Crippen molar-refractivity contribution in [2.24, 2.45) is 5.84 Å². The minimum atomic E-state index is -0.966. The van der Waals surface area contributed by atoms with Crippen molar-refractivity contribution >= 4 is 28.1 Å². The number of hydrogen-bond donors (Lipinski definition) is 3. The summed E-state index contributed by atoms with van der Waals surface area (Å²) in [6.07, 6.45) is 0. The fourth-order valence-electron chi connectivity index (χ4n) is 1.47. The molecule has 1 aromatic rings. The molecule has 0 radical (unpaired) electrons. The van der Waals surface area contributed by atoms with Crippen molar-refractivity contribution in [3.63, 3.8) is 0 Å². The van der Waals surface area contributed by atoms with Gasteiger partial charge < -0.3 is 10.7 Å². The summed E-state index contributed by atoms with van der Waals surface area (Å²) in [6, 6.07) is 3.92. The highest BCUT2D eigenvalue weighted by Crippen LogP contribution is 2.24. The summed E-state index contributed by atoms with van der Waals surface area (Å²) in [5.41, 5.74) is 2.19. The average molecular weight is 300 g/mol. The van der Waals surface area contributed by atoms with Gasteiger partial charge in [0.15, 0.2) is 0 Å². The number of benzene rings is 1. The zero-order chi connectivity index (χ0) is 15.1. The normalized spacial score (nSPS) is 11.7. The van der Waals surface area contributed by atoms with Crippen LogP contribution in [0.5, 0.6) is 0 Å². The third-order valence-electron chi connectivity index (χ3n) is 2.55. The first-order valence-corrected chi connectivity index (χ1v) is 7.36. The Kier molecular flexibility index (Phi) is 6.07. The van der Waals surface area contributed by atoms with Crippen molar-refractivity contribution in [3.8, 4) is 0 Å². The number of rotatable bonds is 7. The van der Waals surface area contributed by atoms with E-state index in [1.54, 1.807) is 6.92 Å². The van der Waals surface area contributed by atoms with Crippen LogP contribution in [0.2, 0.25) is 0 Å². The maximum absolute atomic E-state index is 11.8. The third-order valence-corrected chi connectivity index (χ3v) is 3.85. The SMILES string of the molecule is CCS(=O)CCNC(=O)c1ccc(NN)c([N+](=O)[O-])c1. The van der Waals surface area contributed by atoms with Gasteiger partial charge in [-0.25, -0.2) is 0 Å². The Morgan fingerprint density at radius 1 is 1.50 bits per heavy atom. The summed E-state index contributed by atoms with van der Waals surface area (Å²) in [6.45, 7) is 2.05. The molecule has 1 unspecified atom stereocenters. The molecule has 0 saturated heterocycles. The molecule has 0 bridgehead atoms. The summed E-state index contributed by atoms with van der Waals surface area (Å²) in [5.74, 6) is 5.58. The Bertz CT molecular complexity index is 535. The Labute approximate surface area is 118 Å². The largest absolute Gasteiger partial charge is 0.351 e. The Hall–Kier alpha value is -2.00. The molecule has 1 atom stereocenters. The summed E-state index contributed by atoms with van der Waals surface area (Å²) in [4.78, 5) is 22.0. The smallest absolute Gasteiger partial charge is 0.294 e. The van der Waals surface area contributed by atoms with Crippen molar-refractivity contribution in [2.45, 2.75) is 6.92 Å². The Balaban J connectivity index is 2.76. The summed E-state index contributed by atoms with van der Waals surface area (Å²) in [7, 11) is -0.966. The van der Waals surface area contributed by atoms with Gasteiger partial charge >= 0.3 is 0 Å². The lowest BCUT2D eigenvalue weighted by atomic mass is 10.1. The fraction of sp³-hybridized carbons (Fsp3) is 0.364. The van der Waals surface area contributed by atoms with Gasteiger partial charge in [-0.3, -0.25) is 25.0 Å². The summed E-state index contributed by atoms with van der Waals surface area (Å²) < 4.78 is 11.2. The number of anilines is 1. The van der Waals surface area contributed by atoms with Gasteiger partial charge in [0, 0.05) is 40.5 Å². The second-order valence-electron chi connectivity index (χ2n) is 3.82. The van der Waals surface area contributed by atoms with Crippen LogP contribution in [0, 0.1) is 10.1 Å². The average Bonchev–Trinajstić information content (AvgIpc) is 2.45. The van der Waals surface area contributed by atoms with Gasteiger partial charge in [0.1, 0.15) is 5.69 Å². The van der Waals surface area contributed by atoms with E-state index in [4.69, 9.17) is 5.84 Å². The first kappa shape index (κ1) is 16.1. The minimum absolute atomic E-state index is 0.124. The second kappa shape index (κ2) is 7.56. The lowest BCUT2D eigenvalue weighted by molar-refractivity contribution is -0.384. The molecule has 8 nitrogen and oxygen atoms in total. The van der Waals surface area contributed by atoms with E-state index < -0.39 is 21.6 Å². The zero-order valence-corrected chi connectivity index (χ0v) is 11.7. The second-order valence-corrected chi connectivity index (χ2v) is 5.69. The van der Waals surface area contributed by atoms with Gasteiger partial charge in [0.05, 0.1) is 4.92 Å². The third kappa shape index (κ3) is 4.28. The molecule has 0 saturated carbocycles. The maximum Gasteiger partial charge on any atom is 0.294 e. The Morgan fingerprint density at radius 2 is 2.20 bits per heavy atom. The van der Waals surface area contributed by atoms with Crippen molar-refractivity contribution in [1.29, 1.82) is 0 Å². The minimum Gasteiger partial charge on any atom is -0.351 e. The Morgan fingerprint density at radius 3 is 2.75 bits per heavy atom. The van der Waals surface area contributed by atoms with Crippen LogP contribution in [0.4, 0.5) is 11.4 Å². The lowest BCUT2D eigenvalue weighted by Crippen LogP contribution is -2.28. The van der Waals surface area contributed by atoms with E-state index in [1.807, 2.05) is 0 Å². The molecular formula is C11H16N4O4S. The van der Waals surface area contributed by atoms with Crippen LogP contribution in [0.15, 0.2) is 18.2 Å². The molecule has 0 aromatic heterocycles. The zero-order valence-electron chi connectivity index (χ0n) is 10.9. The molecule has 1 rings (SSSR count). The molecule has 20 heavy (non-hydrogen) atoms.